The molecule has 112 valence electrons. The van der Waals surface area contributed by atoms with E-state index in [-0.39, 0.29) is 22.9 Å². The molecule has 2 aromatic carbocycles. The van der Waals surface area contributed by atoms with Crippen molar-refractivity contribution in [1.29, 1.82) is 0 Å². The summed E-state index contributed by atoms with van der Waals surface area (Å²) in [5, 5.41) is 3.98. The monoisotopic (exact) mass is 334 g/mol. The van der Waals surface area contributed by atoms with Crippen LogP contribution in [-0.2, 0) is 11.2 Å². The maximum atomic E-state index is 13.7. The molecule has 0 radical (unpaired) electrons. The SMILES string of the molecule is Cc1nc2ccc(NC(=O)Cc3c(F)cccc3Cl)cc2s1. The Labute approximate surface area is 135 Å². The summed E-state index contributed by atoms with van der Waals surface area (Å²) in [5.74, 6) is -0.788. The number of hydrogen-bond acceptors (Lipinski definition) is 3. The van der Waals surface area contributed by atoms with Crippen LogP contribution in [0.15, 0.2) is 36.4 Å². The molecule has 1 N–H and O–H groups in total. The summed E-state index contributed by atoms with van der Waals surface area (Å²) < 4.78 is 14.7. The molecule has 0 aliphatic carbocycles. The Balaban J connectivity index is 1.78. The van der Waals surface area contributed by atoms with Crippen molar-refractivity contribution in [1.82, 2.24) is 4.98 Å². The van der Waals surface area contributed by atoms with Crippen molar-refractivity contribution in [2.24, 2.45) is 0 Å². The molecular weight excluding hydrogens is 323 g/mol. The molecule has 0 unspecified atom stereocenters. The van der Waals surface area contributed by atoms with E-state index in [1.165, 1.54) is 12.1 Å². The predicted octanol–water partition coefficient (Wildman–Crippen LogP) is 4.58. The third-order valence-electron chi connectivity index (χ3n) is 3.18. The lowest BCUT2D eigenvalue weighted by atomic mass is 10.1. The summed E-state index contributed by atoms with van der Waals surface area (Å²) in [6, 6.07) is 9.87. The van der Waals surface area contributed by atoms with Crippen molar-refractivity contribution < 1.29 is 9.18 Å². The topological polar surface area (TPSA) is 42.0 Å². The molecule has 0 saturated carbocycles. The number of benzene rings is 2. The average molecular weight is 335 g/mol. The molecule has 1 amide bonds. The van der Waals surface area contributed by atoms with E-state index < -0.39 is 5.82 Å². The number of hydrogen-bond donors (Lipinski definition) is 1. The average Bonchev–Trinajstić information content (AvgIpc) is 2.82. The van der Waals surface area contributed by atoms with Gasteiger partial charge in [-0.3, -0.25) is 4.79 Å². The summed E-state index contributed by atoms with van der Waals surface area (Å²) in [6.45, 7) is 1.93. The van der Waals surface area contributed by atoms with E-state index in [4.69, 9.17) is 11.6 Å². The second kappa shape index (κ2) is 6.02. The molecule has 0 fully saturated rings. The number of nitrogens with one attached hydrogen (secondary N) is 1. The van der Waals surface area contributed by atoms with Gasteiger partial charge < -0.3 is 5.32 Å². The number of carbonyl (C=O) groups excluding carboxylic acids is 1. The van der Waals surface area contributed by atoms with E-state index in [0.717, 1.165) is 15.2 Å². The largest absolute Gasteiger partial charge is 0.326 e. The van der Waals surface area contributed by atoms with Crippen LogP contribution in [0.2, 0.25) is 5.02 Å². The third kappa shape index (κ3) is 3.10. The third-order valence-corrected chi connectivity index (χ3v) is 4.47. The van der Waals surface area contributed by atoms with Crippen molar-refractivity contribution in [2.75, 3.05) is 5.32 Å². The lowest BCUT2D eigenvalue weighted by molar-refractivity contribution is -0.115. The molecule has 0 spiro atoms. The van der Waals surface area contributed by atoms with E-state index in [0.29, 0.717) is 5.69 Å². The second-order valence-electron chi connectivity index (χ2n) is 4.84. The van der Waals surface area contributed by atoms with E-state index in [9.17, 15) is 9.18 Å². The Hall–Kier alpha value is -1.98. The fourth-order valence-electron chi connectivity index (χ4n) is 2.18. The van der Waals surface area contributed by atoms with Crippen LogP contribution in [0.4, 0.5) is 10.1 Å². The number of fused-ring (bicyclic) bond motifs is 1. The van der Waals surface area contributed by atoms with Crippen LogP contribution in [0, 0.1) is 12.7 Å². The van der Waals surface area contributed by atoms with Crippen LogP contribution >= 0.6 is 22.9 Å². The van der Waals surface area contributed by atoms with Crippen LogP contribution < -0.4 is 5.32 Å². The lowest BCUT2D eigenvalue weighted by Crippen LogP contribution is -2.15. The van der Waals surface area contributed by atoms with Crippen molar-refractivity contribution in [2.45, 2.75) is 13.3 Å². The van der Waals surface area contributed by atoms with Gasteiger partial charge in [-0.15, -0.1) is 11.3 Å². The quantitative estimate of drug-likeness (QED) is 0.761. The van der Waals surface area contributed by atoms with Gasteiger partial charge in [-0.1, -0.05) is 17.7 Å². The number of anilines is 1. The first-order valence-corrected chi connectivity index (χ1v) is 7.82. The molecule has 1 aromatic heterocycles. The summed E-state index contributed by atoms with van der Waals surface area (Å²) in [4.78, 5) is 16.4. The fraction of sp³-hybridized carbons (Fsp3) is 0.125. The maximum Gasteiger partial charge on any atom is 0.228 e. The Morgan fingerprint density at radius 3 is 2.95 bits per heavy atom. The smallest absolute Gasteiger partial charge is 0.228 e. The summed E-state index contributed by atoms with van der Waals surface area (Å²) in [6.07, 6.45) is -0.106. The van der Waals surface area contributed by atoms with Crippen LogP contribution in [0.3, 0.4) is 0 Å². The van der Waals surface area contributed by atoms with E-state index in [1.807, 2.05) is 19.1 Å². The standard InChI is InChI=1S/C16H12ClFN2OS/c1-9-19-14-6-5-10(7-15(14)22-9)20-16(21)8-11-12(17)3-2-4-13(11)18/h2-7H,8H2,1H3,(H,20,21). The van der Waals surface area contributed by atoms with Gasteiger partial charge in [0.15, 0.2) is 0 Å². The second-order valence-corrected chi connectivity index (χ2v) is 6.48. The van der Waals surface area contributed by atoms with Crippen LogP contribution in [0.25, 0.3) is 10.2 Å². The number of aromatic nitrogens is 1. The van der Waals surface area contributed by atoms with Crippen LogP contribution in [0.5, 0.6) is 0 Å². The molecule has 0 bridgehead atoms. The van der Waals surface area contributed by atoms with Crippen molar-refractivity contribution in [3.8, 4) is 0 Å². The summed E-state index contributed by atoms with van der Waals surface area (Å²) in [7, 11) is 0. The molecule has 3 nitrogen and oxygen atoms in total. The molecular formula is C16H12ClFN2OS. The van der Waals surface area contributed by atoms with Gasteiger partial charge in [0, 0.05) is 16.3 Å². The number of nitrogens with zero attached hydrogens (tertiary/aromatic N) is 1. The normalized spacial score (nSPS) is 10.9. The zero-order valence-corrected chi connectivity index (χ0v) is 13.3. The lowest BCUT2D eigenvalue weighted by Gasteiger charge is -2.07. The minimum absolute atomic E-state index is 0.106. The van der Waals surface area contributed by atoms with E-state index in [1.54, 1.807) is 23.5 Å². The number of amides is 1. The van der Waals surface area contributed by atoms with E-state index in [2.05, 4.69) is 10.3 Å². The zero-order valence-electron chi connectivity index (χ0n) is 11.7. The van der Waals surface area contributed by atoms with Crippen LogP contribution in [0.1, 0.15) is 10.6 Å². The first-order valence-electron chi connectivity index (χ1n) is 6.63. The molecule has 0 saturated heterocycles. The number of halogens is 2. The highest BCUT2D eigenvalue weighted by Crippen LogP contribution is 2.25. The number of aryl methyl sites for hydroxylation is 1. The summed E-state index contributed by atoms with van der Waals surface area (Å²) >= 11 is 7.49. The van der Waals surface area contributed by atoms with Crippen molar-refractivity contribution in [3.63, 3.8) is 0 Å². The van der Waals surface area contributed by atoms with Gasteiger partial charge in [-0.25, -0.2) is 9.37 Å². The Morgan fingerprint density at radius 1 is 1.36 bits per heavy atom. The van der Waals surface area contributed by atoms with Gasteiger partial charge in [-0.2, -0.15) is 0 Å². The van der Waals surface area contributed by atoms with Gasteiger partial charge >= 0.3 is 0 Å². The molecule has 3 aromatic rings. The highest BCUT2D eigenvalue weighted by atomic mass is 35.5. The number of rotatable bonds is 3. The van der Waals surface area contributed by atoms with Gasteiger partial charge in [0.1, 0.15) is 5.82 Å². The zero-order chi connectivity index (χ0) is 15.7. The number of carbonyl (C=O) groups is 1. The fourth-order valence-corrected chi connectivity index (χ4v) is 3.28. The van der Waals surface area contributed by atoms with Crippen molar-refractivity contribution >= 4 is 44.7 Å². The molecule has 1 heterocycles. The molecule has 0 aliphatic rings. The van der Waals surface area contributed by atoms with Gasteiger partial charge in [0.25, 0.3) is 0 Å². The minimum atomic E-state index is -0.476. The summed E-state index contributed by atoms with van der Waals surface area (Å²) in [5.41, 5.74) is 1.77. The van der Waals surface area contributed by atoms with Gasteiger partial charge in [0.2, 0.25) is 5.91 Å². The Kier molecular flexibility index (Phi) is 4.09. The highest BCUT2D eigenvalue weighted by Gasteiger charge is 2.12. The molecule has 3 rings (SSSR count). The number of thiazole rings is 1. The molecule has 0 aliphatic heterocycles. The molecule has 0 atom stereocenters. The molecule has 22 heavy (non-hydrogen) atoms. The minimum Gasteiger partial charge on any atom is -0.326 e. The van der Waals surface area contributed by atoms with Crippen molar-refractivity contribution in [3.05, 3.63) is 57.8 Å². The highest BCUT2D eigenvalue weighted by molar-refractivity contribution is 7.18. The van der Waals surface area contributed by atoms with Gasteiger partial charge in [-0.05, 0) is 37.3 Å². The Morgan fingerprint density at radius 2 is 2.18 bits per heavy atom. The van der Waals surface area contributed by atoms with Gasteiger partial charge in [0.05, 0.1) is 21.6 Å². The molecule has 6 heteroatoms. The Bertz CT molecular complexity index is 842. The van der Waals surface area contributed by atoms with E-state index >= 15 is 0 Å². The van der Waals surface area contributed by atoms with Crippen LogP contribution in [-0.4, -0.2) is 10.9 Å². The first-order chi connectivity index (χ1) is 10.5. The predicted molar refractivity (Wildman–Crippen MR) is 88.1 cm³/mol. The maximum absolute atomic E-state index is 13.7. The first kappa shape index (κ1) is 14.9.